The number of thiophene rings is 1. The molecule has 4 rings (SSSR count). The molecule has 5 nitrogen and oxygen atoms in total. The van der Waals surface area contributed by atoms with Gasteiger partial charge in [-0.15, -0.1) is 11.3 Å². The summed E-state index contributed by atoms with van der Waals surface area (Å²) >= 11 is 1.63. The summed E-state index contributed by atoms with van der Waals surface area (Å²) in [5.41, 5.74) is 3.53. The van der Waals surface area contributed by atoms with E-state index in [1.807, 2.05) is 24.4 Å². The smallest absolute Gasteiger partial charge is 0.130 e. The molecule has 0 atom stereocenters. The number of hydrogen-bond acceptors (Lipinski definition) is 5. The van der Waals surface area contributed by atoms with E-state index in [9.17, 15) is 0 Å². The molecule has 1 aromatic carbocycles. The summed E-state index contributed by atoms with van der Waals surface area (Å²) in [5, 5.41) is 6.72. The van der Waals surface area contributed by atoms with Crippen LogP contribution < -0.4 is 10.1 Å². The van der Waals surface area contributed by atoms with Crippen molar-refractivity contribution in [1.29, 1.82) is 0 Å². The summed E-state index contributed by atoms with van der Waals surface area (Å²) < 4.78 is 7.82. The third-order valence-corrected chi connectivity index (χ3v) is 5.64. The lowest BCUT2D eigenvalue weighted by Gasteiger charge is -2.08. The lowest BCUT2D eigenvalue weighted by atomic mass is 10.1. The molecule has 0 saturated carbocycles. The van der Waals surface area contributed by atoms with Crippen molar-refractivity contribution in [1.82, 2.24) is 14.5 Å². The van der Waals surface area contributed by atoms with E-state index in [1.54, 1.807) is 17.7 Å². The van der Waals surface area contributed by atoms with Crippen LogP contribution in [0.15, 0.2) is 54.3 Å². The zero-order valence-corrected chi connectivity index (χ0v) is 17.0. The zero-order chi connectivity index (χ0) is 19.3. The first-order valence-corrected chi connectivity index (χ1v) is 10.5. The number of anilines is 1. The molecule has 0 bridgehead atoms. The third-order valence-electron chi connectivity index (χ3n) is 4.70. The second-order valence-corrected chi connectivity index (χ2v) is 7.45. The van der Waals surface area contributed by atoms with Gasteiger partial charge in [0.1, 0.15) is 17.9 Å². The van der Waals surface area contributed by atoms with Crippen LogP contribution in [-0.2, 0) is 13.0 Å². The Balaban J connectivity index is 1.41. The molecule has 0 aliphatic carbocycles. The standard InChI is InChI=1S/C22H24N4OS/c1-3-26-10-8-17-6-5-16(11-20(17)26)7-9-23-22-13-19(24-15-25-22)21-12-18(14-28-21)27-4-2/h5-6,8,10-15H,3-4,7,9H2,1-2H3,(H,23,24,25). The van der Waals surface area contributed by atoms with Crippen molar-refractivity contribution in [3.05, 3.63) is 59.9 Å². The van der Waals surface area contributed by atoms with Crippen molar-refractivity contribution in [3.8, 4) is 16.3 Å². The lowest BCUT2D eigenvalue weighted by Crippen LogP contribution is -2.06. The fourth-order valence-corrected chi connectivity index (χ4v) is 4.08. The fourth-order valence-electron chi connectivity index (χ4n) is 3.28. The summed E-state index contributed by atoms with van der Waals surface area (Å²) in [6.45, 7) is 6.64. The van der Waals surface area contributed by atoms with E-state index in [0.717, 1.165) is 41.6 Å². The van der Waals surface area contributed by atoms with Gasteiger partial charge in [0.15, 0.2) is 0 Å². The predicted octanol–water partition coefficient (Wildman–Crippen LogP) is 5.23. The quantitative estimate of drug-likeness (QED) is 0.446. The number of hydrogen-bond donors (Lipinski definition) is 1. The van der Waals surface area contributed by atoms with E-state index in [2.05, 4.69) is 57.2 Å². The minimum absolute atomic E-state index is 0.668. The third kappa shape index (κ3) is 4.02. The molecule has 1 N–H and O–H groups in total. The van der Waals surface area contributed by atoms with Crippen LogP contribution in [0, 0.1) is 0 Å². The molecule has 28 heavy (non-hydrogen) atoms. The molecule has 0 unspecified atom stereocenters. The first-order chi connectivity index (χ1) is 13.8. The van der Waals surface area contributed by atoms with Crippen LogP contribution >= 0.6 is 11.3 Å². The Kier molecular flexibility index (Phi) is 5.58. The van der Waals surface area contributed by atoms with E-state index in [4.69, 9.17) is 4.74 Å². The molecule has 0 fully saturated rings. The molecule has 0 amide bonds. The average molecular weight is 393 g/mol. The molecule has 3 heterocycles. The van der Waals surface area contributed by atoms with Gasteiger partial charge in [-0.3, -0.25) is 0 Å². The van der Waals surface area contributed by atoms with Gasteiger partial charge in [-0.2, -0.15) is 0 Å². The molecular weight excluding hydrogens is 368 g/mol. The number of ether oxygens (including phenoxy) is 1. The highest BCUT2D eigenvalue weighted by Gasteiger charge is 2.07. The number of nitrogens with zero attached hydrogens (tertiary/aromatic N) is 3. The Morgan fingerprint density at radius 1 is 1.11 bits per heavy atom. The maximum Gasteiger partial charge on any atom is 0.130 e. The Labute approximate surface area is 169 Å². The van der Waals surface area contributed by atoms with Crippen molar-refractivity contribution in [3.63, 3.8) is 0 Å². The van der Waals surface area contributed by atoms with Crippen molar-refractivity contribution < 1.29 is 4.74 Å². The van der Waals surface area contributed by atoms with Crippen LogP contribution in [0.25, 0.3) is 21.5 Å². The summed E-state index contributed by atoms with van der Waals surface area (Å²) in [7, 11) is 0. The topological polar surface area (TPSA) is 52.0 Å². The first kappa shape index (κ1) is 18.5. The molecule has 144 valence electrons. The van der Waals surface area contributed by atoms with Crippen LogP contribution in [-0.4, -0.2) is 27.7 Å². The predicted molar refractivity (Wildman–Crippen MR) is 116 cm³/mol. The van der Waals surface area contributed by atoms with E-state index >= 15 is 0 Å². The second-order valence-electron chi connectivity index (χ2n) is 6.54. The number of benzene rings is 1. The summed E-state index contributed by atoms with van der Waals surface area (Å²) in [4.78, 5) is 9.84. The molecule has 3 aromatic heterocycles. The number of aromatic nitrogens is 3. The summed E-state index contributed by atoms with van der Waals surface area (Å²) in [6.07, 6.45) is 4.70. The zero-order valence-electron chi connectivity index (χ0n) is 16.2. The van der Waals surface area contributed by atoms with Crippen LogP contribution in [0.2, 0.25) is 0 Å². The van der Waals surface area contributed by atoms with E-state index < -0.39 is 0 Å². The Bertz CT molecular complexity index is 1070. The van der Waals surface area contributed by atoms with Gasteiger partial charge < -0.3 is 14.6 Å². The highest BCUT2D eigenvalue weighted by molar-refractivity contribution is 7.13. The lowest BCUT2D eigenvalue weighted by molar-refractivity contribution is 0.342. The van der Waals surface area contributed by atoms with Gasteiger partial charge in [0.25, 0.3) is 0 Å². The molecule has 0 saturated heterocycles. The normalized spacial score (nSPS) is 11.1. The van der Waals surface area contributed by atoms with Crippen LogP contribution in [0.1, 0.15) is 19.4 Å². The number of rotatable bonds is 8. The highest BCUT2D eigenvalue weighted by Crippen LogP contribution is 2.30. The Morgan fingerprint density at radius 2 is 2.04 bits per heavy atom. The maximum atomic E-state index is 5.54. The fraction of sp³-hybridized carbons (Fsp3) is 0.273. The minimum Gasteiger partial charge on any atom is -0.493 e. The minimum atomic E-state index is 0.668. The maximum absolute atomic E-state index is 5.54. The number of nitrogens with one attached hydrogen (secondary N) is 1. The van der Waals surface area contributed by atoms with E-state index in [1.165, 1.54) is 16.5 Å². The SMILES string of the molecule is CCOc1csc(-c2cc(NCCc3ccc4ccn(CC)c4c3)ncn2)c1. The molecule has 4 aromatic rings. The summed E-state index contributed by atoms with van der Waals surface area (Å²) in [6, 6.07) is 12.9. The van der Waals surface area contributed by atoms with Crippen molar-refractivity contribution in [2.75, 3.05) is 18.5 Å². The second kappa shape index (κ2) is 8.44. The van der Waals surface area contributed by atoms with Gasteiger partial charge in [0, 0.05) is 42.3 Å². The van der Waals surface area contributed by atoms with Crippen LogP contribution in [0.4, 0.5) is 5.82 Å². The molecule has 0 aliphatic rings. The van der Waals surface area contributed by atoms with Gasteiger partial charge in [0.05, 0.1) is 17.2 Å². The van der Waals surface area contributed by atoms with E-state index in [0.29, 0.717) is 6.61 Å². The van der Waals surface area contributed by atoms with Gasteiger partial charge >= 0.3 is 0 Å². The molecule has 0 spiro atoms. The molecular formula is C22H24N4OS. The van der Waals surface area contributed by atoms with Crippen molar-refractivity contribution in [2.45, 2.75) is 26.8 Å². The van der Waals surface area contributed by atoms with Gasteiger partial charge in [-0.25, -0.2) is 9.97 Å². The van der Waals surface area contributed by atoms with E-state index in [-0.39, 0.29) is 0 Å². The molecule has 6 heteroatoms. The Hall–Kier alpha value is -2.86. The average Bonchev–Trinajstić information content (AvgIpc) is 3.35. The van der Waals surface area contributed by atoms with Crippen LogP contribution in [0.3, 0.4) is 0 Å². The van der Waals surface area contributed by atoms with Gasteiger partial charge in [-0.05, 0) is 43.4 Å². The monoisotopic (exact) mass is 392 g/mol. The number of fused-ring (bicyclic) bond motifs is 1. The molecule has 0 aliphatic heterocycles. The van der Waals surface area contributed by atoms with Crippen molar-refractivity contribution >= 4 is 28.1 Å². The summed E-state index contributed by atoms with van der Waals surface area (Å²) in [5.74, 6) is 1.73. The first-order valence-electron chi connectivity index (χ1n) is 9.62. The van der Waals surface area contributed by atoms with Crippen LogP contribution in [0.5, 0.6) is 5.75 Å². The molecule has 0 radical (unpaired) electrons. The van der Waals surface area contributed by atoms with Gasteiger partial charge in [0.2, 0.25) is 0 Å². The van der Waals surface area contributed by atoms with Gasteiger partial charge in [-0.1, -0.05) is 12.1 Å². The number of aryl methyl sites for hydroxylation is 1. The Morgan fingerprint density at radius 3 is 2.89 bits per heavy atom. The van der Waals surface area contributed by atoms with Crippen molar-refractivity contribution in [2.24, 2.45) is 0 Å². The highest BCUT2D eigenvalue weighted by atomic mass is 32.1. The largest absolute Gasteiger partial charge is 0.493 e.